The number of hydrogen-bond donors (Lipinski definition) is 1. The summed E-state index contributed by atoms with van der Waals surface area (Å²) in [6, 6.07) is 3.59. The molecule has 0 aromatic carbocycles. The molecule has 0 radical (unpaired) electrons. The number of rotatable bonds is 2. The van der Waals surface area contributed by atoms with Gasteiger partial charge in [0.05, 0.1) is 10.9 Å². The van der Waals surface area contributed by atoms with Crippen LogP contribution in [0.15, 0.2) is 30.7 Å². The van der Waals surface area contributed by atoms with E-state index >= 15 is 0 Å². The van der Waals surface area contributed by atoms with Crippen molar-refractivity contribution in [1.29, 1.82) is 0 Å². The van der Waals surface area contributed by atoms with Gasteiger partial charge in [0.2, 0.25) is 5.82 Å². The topological polar surface area (TPSA) is 80.7 Å². The van der Waals surface area contributed by atoms with Crippen molar-refractivity contribution in [2.75, 3.05) is 5.32 Å². The van der Waals surface area contributed by atoms with Gasteiger partial charge in [0.1, 0.15) is 5.52 Å². The van der Waals surface area contributed by atoms with Crippen molar-refractivity contribution in [2.45, 2.75) is 6.92 Å². The van der Waals surface area contributed by atoms with Crippen LogP contribution in [0.2, 0.25) is 0 Å². The third-order valence-electron chi connectivity index (χ3n) is 2.40. The number of anilines is 1. The first-order chi connectivity index (χ1) is 9.22. The lowest BCUT2D eigenvalue weighted by Crippen LogP contribution is -2.14. The number of nitrogens with one attached hydrogen (secondary N) is 1. The number of nitrogens with zero attached hydrogens (tertiary/aromatic N) is 4. The van der Waals surface area contributed by atoms with Crippen LogP contribution in [0.5, 0.6) is 0 Å². The molecule has 0 fully saturated rings. The number of carbonyl (C=O) groups is 1. The summed E-state index contributed by atoms with van der Waals surface area (Å²) in [7, 11) is 0. The number of pyridine rings is 1. The first-order valence-electron chi connectivity index (χ1n) is 5.54. The smallest absolute Gasteiger partial charge is 0.295 e. The van der Waals surface area contributed by atoms with Gasteiger partial charge in [-0.1, -0.05) is 11.3 Å². The van der Waals surface area contributed by atoms with Crippen molar-refractivity contribution in [3.05, 3.63) is 42.2 Å². The SMILES string of the molecule is Cc1cc2sc(NC(=O)c3ncccn3)nc2cn1. The van der Waals surface area contributed by atoms with Crippen molar-refractivity contribution in [3.8, 4) is 0 Å². The zero-order valence-electron chi connectivity index (χ0n) is 9.99. The lowest BCUT2D eigenvalue weighted by Gasteiger charge is -1.98. The Morgan fingerprint density at radius 1 is 1.26 bits per heavy atom. The first-order valence-corrected chi connectivity index (χ1v) is 6.35. The number of aromatic nitrogens is 4. The monoisotopic (exact) mass is 271 g/mol. The highest BCUT2D eigenvalue weighted by atomic mass is 32.1. The molecule has 1 amide bonds. The van der Waals surface area contributed by atoms with Gasteiger partial charge in [-0.3, -0.25) is 15.1 Å². The van der Waals surface area contributed by atoms with E-state index in [1.807, 2.05) is 13.0 Å². The zero-order chi connectivity index (χ0) is 13.2. The highest BCUT2D eigenvalue weighted by Gasteiger charge is 2.11. The lowest BCUT2D eigenvalue weighted by atomic mass is 10.4. The predicted octanol–water partition coefficient (Wildman–Crippen LogP) is 2.04. The minimum Gasteiger partial charge on any atom is -0.295 e. The minimum absolute atomic E-state index is 0.121. The van der Waals surface area contributed by atoms with Gasteiger partial charge >= 0.3 is 0 Å². The molecule has 0 unspecified atom stereocenters. The number of fused-ring (bicyclic) bond motifs is 1. The second-order valence-electron chi connectivity index (χ2n) is 3.84. The predicted molar refractivity (Wildman–Crippen MR) is 72.1 cm³/mol. The summed E-state index contributed by atoms with van der Waals surface area (Å²) in [5.74, 6) is -0.250. The van der Waals surface area contributed by atoms with Gasteiger partial charge in [-0.15, -0.1) is 0 Å². The normalized spacial score (nSPS) is 10.6. The molecule has 3 aromatic heterocycles. The highest BCUT2D eigenvalue weighted by molar-refractivity contribution is 7.22. The second-order valence-corrected chi connectivity index (χ2v) is 4.87. The van der Waals surface area contributed by atoms with E-state index in [2.05, 4.69) is 25.3 Å². The summed E-state index contributed by atoms with van der Waals surface area (Å²) in [5.41, 5.74) is 1.68. The molecule has 0 aliphatic carbocycles. The second kappa shape index (κ2) is 4.69. The molecule has 0 aliphatic rings. The molecule has 0 saturated carbocycles. The summed E-state index contributed by atoms with van der Waals surface area (Å²) >= 11 is 1.40. The average molecular weight is 271 g/mol. The van der Waals surface area contributed by atoms with Crippen molar-refractivity contribution >= 4 is 32.6 Å². The van der Waals surface area contributed by atoms with E-state index in [1.165, 1.54) is 23.7 Å². The van der Waals surface area contributed by atoms with Gasteiger partial charge in [-0.2, -0.15) is 0 Å². The van der Waals surface area contributed by atoms with Crippen LogP contribution in [-0.2, 0) is 0 Å². The Morgan fingerprint density at radius 2 is 2.05 bits per heavy atom. The van der Waals surface area contributed by atoms with Gasteiger partial charge in [0.15, 0.2) is 5.13 Å². The molecule has 0 spiro atoms. The maximum atomic E-state index is 11.9. The molecule has 19 heavy (non-hydrogen) atoms. The Kier molecular flexibility index (Phi) is 2.88. The Hall–Kier alpha value is -2.41. The van der Waals surface area contributed by atoms with Gasteiger partial charge in [-0.25, -0.2) is 15.0 Å². The van der Waals surface area contributed by atoms with E-state index in [0.717, 1.165) is 15.9 Å². The number of carbonyl (C=O) groups excluding carboxylic acids is 1. The Balaban J connectivity index is 1.87. The van der Waals surface area contributed by atoms with E-state index in [9.17, 15) is 4.79 Å². The van der Waals surface area contributed by atoms with E-state index in [1.54, 1.807) is 12.3 Å². The summed E-state index contributed by atoms with van der Waals surface area (Å²) in [6.07, 6.45) is 4.73. The molecule has 6 nitrogen and oxygen atoms in total. The Morgan fingerprint density at radius 3 is 2.84 bits per heavy atom. The van der Waals surface area contributed by atoms with Crippen LogP contribution in [0.25, 0.3) is 10.2 Å². The zero-order valence-corrected chi connectivity index (χ0v) is 10.8. The third-order valence-corrected chi connectivity index (χ3v) is 3.33. The standard InChI is InChI=1S/C12H9N5OS/c1-7-5-9-8(6-15-7)16-12(19-9)17-11(18)10-13-3-2-4-14-10/h2-6H,1H3,(H,16,17,18). The summed E-state index contributed by atoms with van der Waals surface area (Å²) < 4.78 is 0.983. The van der Waals surface area contributed by atoms with E-state index < -0.39 is 0 Å². The maximum Gasteiger partial charge on any atom is 0.295 e. The van der Waals surface area contributed by atoms with E-state index in [0.29, 0.717) is 5.13 Å². The van der Waals surface area contributed by atoms with Crippen molar-refractivity contribution in [2.24, 2.45) is 0 Å². The summed E-state index contributed by atoms with van der Waals surface area (Å²) in [5, 5.41) is 3.20. The van der Waals surface area contributed by atoms with Crippen LogP contribution in [0, 0.1) is 6.92 Å². The molecule has 0 aliphatic heterocycles. The fourth-order valence-electron chi connectivity index (χ4n) is 1.55. The third kappa shape index (κ3) is 2.41. The minimum atomic E-state index is -0.371. The number of aryl methyl sites for hydroxylation is 1. The lowest BCUT2D eigenvalue weighted by molar-refractivity contribution is 0.101. The van der Waals surface area contributed by atoms with Crippen molar-refractivity contribution < 1.29 is 4.79 Å². The largest absolute Gasteiger partial charge is 0.295 e. The number of hydrogen-bond acceptors (Lipinski definition) is 6. The Bertz CT molecular complexity index is 740. The van der Waals surface area contributed by atoms with Crippen LogP contribution in [-0.4, -0.2) is 25.8 Å². The molecule has 3 aromatic rings. The van der Waals surface area contributed by atoms with Gasteiger partial charge in [0.25, 0.3) is 5.91 Å². The molecule has 1 N–H and O–H groups in total. The molecule has 0 bridgehead atoms. The van der Waals surface area contributed by atoms with Crippen LogP contribution in [0.4, 0.5) is 5.13 Å². The highest BCUT2D eigenvalue weighted by Crippen LogP contribution is 2.25. The summed E-state index contributed by atoms with van der Waals surface area (Å²) in [6.45, 7) is 1.91. The van der Waals surface area contributed by atoms with Crippen LogP contribution in [0.1, 0.15) is 16.3 Å². The molecular formula is C12H9N5OS. The Labute approximate surface area is 112 Å². The maximum absolute atomic E-state index is 11.9. The molecule has 0 atom stereocenters. The molecular weight excluding hydrogens is 262 g/mol. The van der Waals surface area contributed by atoms with Crippen molar-refractivity contribution in [3.63, 3.8) is 0 Å². The first kappa shape index (κ1) is 11.7. The van der Waals surface area contributed by atoms with Crippen LogP contribution >= 0.6 is 11.3 Å². The van der Waals surface area contributed by atoms with E-state index in [4.69, 9.17) is 0 Å². The average Bonchev–Trinajstić information content (AvgIpc) is 2.81. The van der Waals surface area contributed by atoms with Crippen LogP contribution < -0.4 is 5.32 Å². The molecule has 3 rings (SSSR count). The molecule has 0 saturated heterocycles. The molecule has 7 heteroatoms. The number of amides is 1. The molecule has 3 heterocycles. The van der Waals surface area contributed by atoms with Gasteiger partial charge < -0.3 is 0 Å². The summed E-state index contributed by atoms with van der Waals surface area (Å²) in [4.78, 5) is 28.1. The van der Waals surface area contributed by atoms with E-state index in [-0.39, 0.29) is 11.7 Å². The van der Waals surface area contributed by atoms with Gasteiger partial charge in [-0.05, 0) is 19.1 Å². The fraction of sp³-hybridized carbons (Fsp3) is 0.0833. The molecule has 94 valence electrons. The van der Waals surface area contributed by atoms with Gasteiger partial charge in [0, 0.05) is 18.1 Å². The van der Waals surface area contributed by atoms with Crippen molar-refractivity contribution in [1.82, 2.24) is 19.9 Å². The number of thiazole rings is 1. The fourth-order valence-corrected chi connectivity index (χ4v) is 2.48. The quantitative estimate of drug-likeness (QED) is 0.771. The van der Waals surface area contributed by atoms with Crippen LogP contribution in [0.3, 0.4) is 0 Å².